The second kappa shape index (κ2) is 3.30. The summed E-state index contributed by atoms with van der Waals surface area (Å²) < 4.78 is 4.65. The zero-order valence-corrected chi connectivity index (χ0v) is 5.91. The summed E-state index contributed by atoms with van der Waals surface area (Å²) in [7, 11) is 0. The van der Waals surface area contributed by atoms with Crippen molar-refractivity contribution in [2.24, 2.45) is 0 Å². The van der Waals surface area contributed by atoms with E-state index in [9.17, 15) is 10.3 Å². The highest BCUT2D eigenvalue weighted by Gasteiger charge is 2.19. The van der Waals surface area contributed by atoms with E-state index in [2.05, 4.69) is 0 Å². The predicted molar refractivity (Wildman–Crippen MR) is 34.6 cm³/mol. The Kier molecular flexibility index (Phi) is 2.62. The largest absolute Gasteiger partial charge is 0.633 e. The number of hydroxylamine groups is 3. The van der Waals surface area contributed by atoms with Crippen LogP contribution in [0.25, 0.3) is 0 Å². The van der Waals surface area contributed by atoms with E-state index in [-0.39, 0.29) is 17.8 Å². The minimum atomic E-state index is -0.344. The summed E-state index contributed by atoms with van der Waals surface area (Å²) in [5.74, 6) is 0. The molecule has 1 radical (unpaired) electrons. The summed E-state index contributed by atoms with van der Waals surface area (Å²) in [4.78, 5) is 0. The average Bonchev–Trinajstić information content (AvgIpc) is 1.89. The van der Waals surface area contributed by atoms with Gasteiger partial charge in [0.2, 0.25) is 0 Å². The van der Waals surface area contributed by atoms with E-state index < -0.39 is 0 Å². The van der Waals surface area contributed by atoms with Gasteiger partial charge < -0.3 is 14.6 Å². The van der Waals surface area contributed by atoms with Crippen molar-refractivity contribution in [2.75, 3.05) is 39.5 Å². The predicted octanol–water partition coefficient (Wildman–Crippen LogP) is -0.238. The van der Waals surface area contributed by atoms with Crippen LogP contribution in [-0.4, -0.2) is 44.1 Å². The first-order chi connectivity index (χ1) is 4.77. The smallest absolute Gasteiger partial charge is 0.131 e. The van der Waals surface area contributed by atoms with Gasteiger partial charge in [-0.1, -0.05) is 0 Å². The summed E-state index contributed by atoms with van der Waals surface area (Å²) in [6.45, 7) is 1.82. The van der Waals surface area contributed by atoms with E-state index in [4.69, 9.17) is 4.74 Å². The fraction of sp³-hybridized carbons (Fsp3) is 1.00. The number of nitrogens with zero attached hydrogens (tertiary/aromatic N) is 1. The zero-order chi connectivity index (χ0) is 7.45. The molecule has 4 heteroatoms. The Labute approximate surface area is 60.2 Å². The number of ether oxygens (including phenoxy) is 1. The highest BCUT2D eigenvalue weighted by atomic mass is 16.6. The summed E-state index contributed by atoms with van der Waals surface area (Å²) in [6, 6.07) is 0. The van der Waals surface area contributed by atoms with Crippen LogP contribution in [0, 0.1) is 5.21 Å². The number of rotatable bonds is 2. The SMILES string of the molecule is [O]CC[N+]1([O-])CCOCC1. The Bertz CT molecular complexity index is 95.7. The van der Waals surface area contributed by atoms with Crippen molar-refractivity contribution in [3.8, 4) is 0 Å². The van der Waals surface area contributed by atoms with E-state index in [1.807, 2.05) is 0 Å². The van der Waals surface area contributed by atoms with E-state index in [1.54, 1.807) is 0 Å². The van der Waals surface area contributed by atoms with Gasteiger partial charge in [-0.05, 0) is 0 Å². The molecule has 0 aromatic carbocycles. The van der Waals surface area contributed by atoms with Crippen molar-refractivity contribution in [3.05, 3.63) is 5.21 Å². The molecular formula is C6H12NO3. The van der Waals surface area contributed by atoms with Crippen LogP contribution in [0.1, 0.15) is 0 Å². The molecule has 59 valence electrons. The van der Waals surface area contributed by atoms with E-state index in [0.29, 0.717) is 26.3 Å². The topological polar surface area (TPSA) is 52.2 Å². The second-order valence-electron chi connectivity index (χ2n) is 2.55. The maximum atomic E-state index is 11.4. The number of hydrogen-bond donors (Lipinski definition) is 0. The molecule has 0 aliphatic carbocycles. The van der Waals surface area contributed by atoms with Crippen molar-refractivity contribution in [1.82, 2.24) is 0 Å². The van der Waals surface area contributed by atoms with Crippen LogP contribution in [0.4, 0.5) is 0 Å². The quantitative estimate of drug-likeness (QED) is 0.399. The summed E-state index contributed by atoms with van der Waals surface area (Å²) in [5.41, 5.74) is 0. The molecule has 0 aromatic rings. The van der Waals surface area contributed by atoms with Gasteiger partial charge in [0.15, 0.2) is 0 Å². The zero-order valence-electron chi connectivity index (χ0n) is 5.91. The van der Waals surface area contributed by atoms with Crippen LogP contribution >= 0.6 is 0 Å². The maximum absolute atomic E-state index is 11.4. The molecule has 1 aliphatic rings. The van der Waals surface area contributed by atoms with Crippen molar-refractivity contribution < 1.29 is 14.5 Å². The standard InChI is InChI=1S/C6H12NO3/c8-4-1-7(9)2-5-10-6-3-7/h1-6H2. The first-order valence-corrected chi connectivity index (χ1v) is 3.50. The first kappa shape index (κ1) is 7.94. The van der Waals surface area contributed by atoms with Gasteiger partial charge >= 0.3 is 0 Å². The lowest BCUT2D eigenvalue weighted by molar-refractivity contribution is -0.889. The number of morpholine rings is 1. The van der Waals surface area contributed by atoms with E-state index in [0.717, 1.165) is 0 Å². The Morgan fingerprint density at radius 1 is 1.40 bits per heavy atom. The summed E-state index contributed by atoms with van der Waals surface area (Å²) in [5, 5.41) is 21.5. The molecule has 0 amide bonds. The lowest BCUT2D eigenvalue weighted by Crippen LogP contribution is -2.51. The fourth-order valence-corrected chi connectivity index (χ4v) is 1.07. The molecular weight excluding hydrogens is 134 g/mol. The highest BCUT2D eigenvalue weighted by molar-refractivity contribution is 4.49. The van der Waals surface area contributed by atoms with Gasteiger partial charge in [-0.2, -0.15) is 0 Å². The lowest BCUT2D eigenvalue weighted by atomic mass is 10.4. The fourth-order valence-electron chi connectivity index (χ4n) is 1.07. The van der Waals surface area contributed by atoms with Gasteiger partial charge in [-0.3, -0.25) is 0 Å². The van der Waals surface area contributed by atoms with Gasteiger partial charge in [0, 0.05) is 0 Å². The Morgan fingerprint density at radius 3 is 2.50 bits per heavy atom. The molecule has 10 heavy (non-hydrogen) atoms. The second-order valence-corrected chi connectivity index (χ2v) is 2.55. The number of quaternary nitrogens is 1. The van der Waals surface area contributed by atoms with Crippen LogP contribution in [0.3, 0.4) is 0 Å². The molecule has 1 fully saturated rings. The van der Waals surface area contributed by atoms with Crippen LogP contribution in [0.15, 0.2) is 0 Å². The third kappa shape index (κ3) is 1.91. The summed E-state index contributed by atoms with van der Waals surface area (Å²) in [6.07, 6.45) is 0. The third-order valence-electron chi connectivity index (χ3n) is 1.79. The molecule has 0 aromatic heterocycles. The van der Waals surface area contributed by atoms with E-state index >= 15 is 0 Å². The van der Waals surface area contributed by atoms with Gasteiger partial charge in [-0.15, -0.1) is 0 Å². The Balaban J connectivity index is 2.32. The number of hydrogen-bond acceptors (Lipinski definition) is 2. The van der Waals surface area contributed by atoms with Gasteiger partial charge in [-0.25, -0.2) is 5.11 Å². The Hall–Kier alpha value is -0.160. The van der Waals surface area contributed by atoms with Crippen LogP contribution in [-0.2, 0) is 9.84 Å². The molecule has 0 saturated carbocycles. The van der Waals surface area contributed by atoms with Crippen LogP contribution in [0.2, 0.25) is 0 Å². The van der Waals surface area contributed by atoms with E-state index in [1.165, 1.54) is 0 Å². The van der Waals surface area contributed by atoms with Gasteiger partial charge in [0.1, 0.15) is 26.2 Å². The minimum absolute atomic E-state index is 0.198. The average molecular weight is 146 g/mol. The minimum Gasteiger partial charge on any atom is -0.633 e. The van der Waals surface area contributed by atoms with Crippen LogP contribution < -0.4 is 0 Å². The molecule has 1 aliphatic heterocycles. The molecule has 0 spiro atoms. The monoisotopic (exact) mass is 146 g/mol. The van der Waals surface area contributed by atoms with Crippen molar-refractivity contribution in [1.29, 1.82) is 0 Å². The van der Waals surface area contributed by atoms with Gasteiger partial charge in [0.25, 0.3) is 0 Å². The molecule has 1 rings (SSSR count). The summed E-state index contributed by atoms with van der Waals surface area (Å²) >= 11 is 0. The molecule has 0 atom stereocenters. The molecule has 0 bridgehead atoms. The highest BCUT2D eigenvalue weighted by Crippen LogP contribution is 2.07. The third-order valence-corrected chi connectivity index (χ3v) is 1.79. The van der Waals surface area contributed by atoms with Crippen molar-refractivity contribution in [3.63, 3.8) is 0 Å². The van der Waals surface area contributed by atoms with Crippen molar-refractivity contribution in [2.45, 2.75) is 0 Å². The van der Waals surface area contributed by atoms with Crippen LogP contribution in [0.5, 0.6) is 0 Å². The molecule has 1 saturated heterocycles. The molecule has 0 N–H and O–H groups in total. The van der Waals surface area contributed by atoms with Crippen molar-refractivity contribution >= 4 is 0 Å². The maximum Gasteiger partial charge on any atom is 0.131 e. The molecule has 4 nitrogen and oxygen atoms in total. The molecule has 1 heterocycles. The lowest BCUT2D eigenvalue weighted by Gasteiger charge is -2.44. The van der Waals surface area contributed by atoms with Gasteiger partial charge in [0.05, 0.1) is 13.2 Å². The first-order valence-electron chi connectivity index (χ1n) is 3.50. The Morgan fingerprint density at radius 2 is 2.00 bits per heavy atom. The normalized spacial score (nSPS) is 24.6. The molecule has 0 unspecified atom stereocenters.